The van der Waals surface area contributed by atoms with E-state index in [9.17, 15) is 9.59 Å². The van der Waals surface area contributed by atoms with Crippen LogP contribution in [0.3, 0.4) is 0 Å². The first-order chi connectivity index (χ1) is 19.9. The fourth-order valence-corrected chi connectivity index (χ4v) is 4.44. The van der Waals surface area contributed by atoms with Gasteiger partial charge in [-0.3, -0.25) is 4.57 Å². The van der Waals surface area contributed by atoms with Gasteiger partial charge >= 0.3 is 12.1 Å². The predicted molar refractivity (Wildman–Crippen MR) is 147 cm³/mol. The van der Waals surface area contributed by atoms with Gasteiger partial charge in [-0.25, -0.2) is 14.7 Å². The number of carbonyl (C=O) groups excluding carboxylic acids is 2. The van der Waals surface area contributed by atoms with Crippen LogP contribution in [0, 0.1) is 6.92 Å². The van der Waals surface area contributed by atoms with Gasteiger partial charge < -0.3 is 23.5 Å². The fourth-order valence-electron chi connectivity index (χ4n) is 4.44. The van der Waals surface area contributed by atoms with Gasteiger partial charge in [0.05, 0.1) is 42.0 Å². The molecule has 3 aromatic heterocycles. The van der Waals surface area contributed by atoms with E-state index in [1.165, 1.54) is 6.92 Å². The number of tetrazole rings is 1. The van der Waals surface area contributed by atoms with Crippen LogP contribution in [0.4, 0.5) is 4.79 Å². The summed E-state index contributed by atoms with van der Waals surface area (Å²) in [6.07, 6.45) is -0.0617. The molecule has 0 saturated heterocycles. The van der Waals surface area contributed by atoms with Crippen LogP contribution in [0.2, 0.25) is 0 Å². The zero-order valence-electron chi connectivity index (χ0n) is 23.0. The average Bonchev–Trinajstić information content (AvgIpc) is 3.69. The largest absolute Gasteiger partial charge is 0.511 e. The number of aryl methyl sites for hydroxylation is 1. The molecule has 3 heterocycles. The van der Waals surface area contributed by atoms with Gasteiger partial charge in [0.2, 0.25) is 6.29 Å². The lowest BCUT2D eigenvalue weighted by Gasteiger charge is -2.15. The molecule has 1 N–H and O–H groups in total. The molecule has 13 nitrogen and oxygen atoms in total. The van der Waals surface area contributed by atoms with Crippen molar-refractivity contribution in [1.29, 1.82) is 0 Å². The van der Waals surface area contributed by atoms with Gasteiger partial charge in [-0.05, 0) is 72.7 Å². The number of hydrogen-bond acceptors (Lipinski definition) is 10. The SMILES string of the molecule is CCOC(=O)OC(C)OC(=O)c1cccc2nc(OCC)n(Cc3ccc(-n4cc(C)cc4-c4nnn[nH]4)cc3)c12. The van der Waals surface area contributed by atoms with Gasteiger partial charge in [-0.1, -0.05) is 18.2 Å². The van der Waals surface area contributed by atoms with E-state index in [1.807, 2.05) is 59.5 Å². The lowest BCUT2D eigenvalue weighted by molar-refractivity contribution is -0.0810. The van der Waals surface area contributed by atoms with Crippen LogP contribution in [0.1, 0.15) is 42.3 Å². The van der Waals surface area contributed by atoms with Crippen molar-refractivity contribution in [1.82, 2.24) is 34.7 Å². The van der Waals surface area contributed by atoms with Crippen LogP contribution in [-0.4, -0.2) is 66.4 Å². The van der Waals surface area contributed by atoms with Crippen molar-refractivity contribution in [2.45, 2.75) is 40.5 Å². The van der Waals surface area contributed by atoms with E-state index in [0.717, 1.165) is 22.5 Å². The minimum Gasteiger partial charge on any atom is -0.465 e. The smallest absolute Gasteiger partial charge is 0.465 e. The number of nitrogens with zero attached hydrogens (tertiary/aromatic N) is 6. The zero-order valence-corrected chi connectivity index (χ0v) is 23.0. The topological polar surface area (TPSA) is 148 Å². The first-order valence-electron chi connectivity index (χ1n) is 13.1. The molecule has 0 saturated carbocycles. The molecule has 0 aliphatic heterocycles. The summed E-state index contributed by atoms with van der Waals surface area (Å²) >= 11 is 0. The van der Waals surface area contributed by atoms with Crippen LogP contribution in [0.15, 0.2) is 54.7 Å². The number of carbonyl (C=O) groups is 2. The number of para-hydroxylation sites is 1. The molecule has 0 bridgehead atoms. The van der Waals surface area contributed by atoms with E-state index in [4.69, 9.17) is 18.9 Å². The summed E-state index contributed by atoms with van der Waals surface area (Å²) in [5, 5.41) is 14.2. The quantitative estimate of drug-likeness (QED) is 0.192. The predicted octanol–water partition coefficient (Wildman–Crippen LogP) is 4.44. The van der Waals surface area contributed by atoms with Crippen molar-refractivity contribution in [2.24, 2.45) is 0 Å². The molecule has 0 spiro atoms. The molecule has 212 valence electrons. The third-order valence-electron chi connectivity index (χ3n) is 6.12. The maximum absolute atomic E-state index is 13.2. The van der Waals surface area contributed by atoms with Gasteiger partial charge in [0.25, 0.3) is 6.01 Å². The lowest BCUT2D eigenvalue weighted by Crippen LogP contribution is -2.22. The van der Waals surface area contributed by atoms with Crippen LogP contribution < -0.4 is 4.74 Å². The monoisotopic (exact) mass is 559 g/mol. The van der Waals surface area contributed by atoms with E-state index in [-0.39, 0.29) is 12.2 Å². The highest BCUT2D eigenvalue weighted by molar-refractivity contribution is 6.02. The number of benzene rings is 2. The lowest BCUT2D eigenvalue weighted by atomic mass is 10.1. The molecule has 41 heavy (non-hydrogen) atoms. The Balaban J connectivity index is 1.44. The Morgan fingerprint density at radius 3 is 2.56 bits per heavy atom. The van der Waals surface area contributed by atoms with Crippen LogP contribution >= 0.6 is 0 Å². The van der Waals surface area contributed by atoms with Crippen LogP contribution in [0.5, 0.6) is 6.01 Å². The van der Waals surface area contributed by atoms with Crippen molar-refractivity contribution in [3.8, 4) is 23.2 Å². The molecule has 1 unspecified atom stereocenters. The Kier molecular flexibility index (Phi) is 7.94. The molecule has 0 aliphatic carbocycles. The Hall–Kier alpha value is -5.20. The number of imidazole rings is 1. The van der Waals surface area contributed by atoms with Crippen LogP contribution in [-0.2, 0) is 20.8 Å². The van der Waals surface area contributed by atoms with Gasteiger partial charge in [-0.15, -0.1) is 5.10 Å². The van der Waals surface area contributed by atoms with Crippen molar-refractivity contribution in [3.05, 3.63) is 71.4 Å². The molecule has 5 rings (SSSR count). The van der Waals surface area contributed by atoms with Gasteiger partial charge in [0, 0.05) is 18.8 Å². The third kappa shape index (κ3) is 5.88. The van der Waals surface area contributed by atoms with Gasteiger partial charge in [0.1, 0.15) is 0 Å². The summed E-state index contributed by atoms with van der Waals surface area (Å²) in [5.74, 6) is -0.112. The summed E-state index contributed by atoms with van der Waals surface area (Å²) in [6.45, 7) is 7.86. The van der Waals surface area contributed by atoms with Crippen molar-refractivity contribution in [3.63, 3.8) is 0 Å². The minimum absolute atomic E-state index is 0.143. The normalized spacial score (nSPS) is 11.8. The number of aromatic amines is 1. The number of fused-ring (bicyclic) bond motifs is 1. The fraction of sp³-hybridized carbons (Fsp3) is 0.286. The standard InChI is InChI=1S/C28H29N7O6/c1-5-38-27-29-22-9-7-8-21(26(36)40-18(4)41-28(37)39-6-2)24(22)35(27)16-19-10-12-20(13-11-19)34-15-17(3)14-23(34)25-30-32-33-31-25/h7-15,18H,5-6,16H2,1-4H3,(H,30,31,32,33). The van der Waals surface area contributed by atoms with E-state index in [0.29, 0.717) is 36.0 Å². The molecule has 0 fully saturated rings. The van der Waals surface area contributed by atoms with Crippen molar-refractivity contribution in [2.75, 3.05) is 13.2 Å². The highest BCUT2D eigenvalue weighted by Crippen LogP contribution is 2.28. The minimum atomic E-state index is -1.15. The van der Waals surface area contributed by atoms with Crippen LogP contribution in [0.25, 0.3) is 28.2 Å². The molecule has 0 aliphatic rings. The maximum atomic E-state index is 13.2. The molecule has 13 heteroatoms. The second kappa shape index (κ2) is 11.9. The number of esters is 1. The summed E-state index contributed by atoms with van der Waals surface area (Å²) in [4.78, 5) is 29.4. The third-order valence-corrected chi connectivity index (χ3v) is 6.12. The van der Waals surface area contributed by atoms with E-state index in [1.54, 1.807) is 25.1 Å². The Bertz CT molecular complexity index is 1660. The first-order valence-corrected chi connectivity index (χ1v) is 13.1. The van der Waals surface area contributed by atoms with Gasteiger partial charge in [0.15, 0.2) is 5.82 Å². The van der Waals surface area contributed by atoms with Crippen molar-refractivity contribution < 1.29 is 28.5 Å². The highest BCUT2D eigenvalue weighted by atomic mass is 16.8. The van der Waals surface area contributed by atoms with Crippen molar-refractivity contribution >= 4 is 23.2 Å². The molecular formula is C28H29N7O6. The maximum Gasteiger partial charge on any atom is 0.511 e. The first kappa shape index (κ1) is 27.4. The Morgan fingerprint density at radius 1 is 1.05 bits per heavy atom. The highest BCUT2D eigenvalue weighted by Gasteiger charge is 2.23. The second-order valence-electron chi connectivity index (χ2n) is 9.05. The molecule has 2 aromatic carbocycles. The summed E-state index contributed by atoms with van der Waals surface area (Å²) in [6, 6.07) is 15.5. The van der Waals surface area contributed by atoms with E-state index < -0.39 is 18.4 Å². The van der Waals surface area contributed by atoms with E-state index >= 15 is 0 Å². The van der Waals surface area contributed by atoms with E-state index in [2.05, 4.69) is 25.6 Å². The number of H-pyrrole nitrogens is 1. The molecular weight excluding hydrogens is 530 g/mol. The second-order valence-corrected chi connectivity index (χ2v) is 9.05. The summed E-state index contributed by atoms with van der Waals surface area (Å²) in [5.41, 5.74) is 5.12. The Morgan fingerprint density at radius 2 is 1.85 bits per heavy atom. The number of aromatic nitrogens is 7. The number of nitrogens with one attached hydrogen (secondary N) is 1. The molecule has 5 aromatic rings. The average molecular weight is 560 g/mol. The summed E-state index contributed by atoms with van der Waals surface area (Å²) < 4.78 is 24.8. The number of rotatable bonds is 10. The molecule has 0 amide bonds. The van der Waals surface area contributed by atoms with Gasteiger partial charge in [-0.2, -0.15) is 4.98 Å². The number of ether oxygens (including phenoxy) is 4. The Labute approximate surface area is 235 Å². The molecule has 0 radical (unpaired) electrons. The number of hydrogen-bond donors (Lipinski definition) is 1. The zero-order chi connectivity index (χ0) is 28.9. The summed E-state index contributed by atoms with van der Waals surface area (Å²) in [7, 11) is 0. The molecule has 1 atom stereocenters.